The number of methoxy groups -OCH3 is 1. The largest absolute Gasteiger partial charge is 0.497 e. The van der Waals surface area contributed by atoms with Crippen LogP contribution in [-0.2, 0) is 16.0 Å². The molecule has 0 saturated carbocycles. The Hall–Kier alpha value is -3.28. The zero-order valence-corrected chi connectivity index (χ0v) is 18.0. The maximum absolute atomic E-state index is 12.3. The van der Waals surface area contributed by atoms with E-state index >= 15 is 0 Å². The molecule has 0 aromatic heterocycles. The fourth-order valence-electron chi connectivity index (χ4n) is 2.67. The van der Waals surface area contributed by atoms with E-state index in [4.69, 9.17) is 9.47 Å². The van der Waals surface area contributed by atoms with Crippen molar-refractivity contribution in [1.82, 2.24) is 5.32 Å². The molecule has 6 heteroatoms. The topological polar surface area (TPSA) is 76.7 Å². The van der Waals surface area contributed by atoms with Gasteiger partial charge in [-0.05, 0) is 69.5 Å². The minimum absolute atomic E-state index is 0.301. The van der Waals surface area contributed by atoms with Gasteiger partial charge in [-0.25, -0.2) is 4.79 Å². The van der Waals surface area contributed by atoms with Crippen molar-refractivity contribution < 1.29 is 19.1 Å². The Kier molecular flexibility index (Phi) is 8.47. The van der Waals surface area contributed by atoms with E-state index in [1.165, 1.54) is 6.08 Å². The van der Waals surface area contributed by atoms with Crippen LogP contribution in [0.1, 0.15) is 32.8 Å². The van der Waals surface area contributed by atoms with Gasteiger partial charge in [0.15, 0.2) is 0 Å². The second-order valence-corrected chi connectivity index (χ2v) is 7.92. The lowest BCUT2D eigenvalue weighted by atomic mass is 10.1. The van der Waals surface area contributed by atoms with Gasteiger partial charge in [0, 0.05) is 17.3 Å². The summed E-state index contributed by atoms with van der Waals surface area (Å²) >= 11 is 0. The molecule has 0 bridgehead atoms. The Morgan fingerprint density at radius 2 is 1.70 bits per heavy atom. The molecule has 2 rings (SSSR count). The third-order valence-electron chi connectivity index (χ3n) is 4.12. The number of nitrogens with one attached hydrogen (secondary N) is 2. The highest BCUT2D eigenvalue weighted by Gasteiger charge is 2.18. The first-order valence-electron chi connectivity index (χ1n) is 9.91. The van der Waals surface area contributed by atoms with E-state index in [9.17, 15) is 9.59 Å². The maximum atomic E-state index is 12.3. The smallest absolute Gasteiger partial charge is 0.408 e. The first-order chi connectivity index (χ1) is 14.2. The molecule has 0 heterocycles. The third kappa shape index (κ3) is 8.82. The highest BCUT2D eigenvalue weighted by Crippen LogP contribution is 2.15. The standard InChI is InChI=1S/C24H30N2O4/c1-24(2,3)26-23(28)30-21(13-10-18-8-6-5-7-9-18)16-17-22(27)25-19-11-14-20(29-4)15-12-19/h5-9,11-12,14-17,21H,10,13H2,1-4H3,(H,25,27)(H,26,28). The number of carbonyl (C=O) groups is 2. The van der Waals surface area contributed by atoms with Gasteiger partial charge in [0.25, 0.3) is 0 Å². The lowest BCUT2D eigenvalue weighted by molar-refractivity contribution is -0.112. The third-order valence-corrected chi connectivity index (χ3v) is 4.12. The van der Waals surface area contributed by atoms with E-state index in [1.807, 2.05) is 51.1 Å². The van der Waals surface area contributed by atoms with Gasteiger partial charge in [0.05, 0.1) is 7.11 Å². The van der Waals surface area contributed by atoms with Gasteiger partial charge in [0.2, 0.25) is 5.91 Å². The molecule has 0 spiro atoms. The molecule has 2 N–H and O–H groups in total. The number of ether oxygens (including phenoxy) is 2. The summed E-state index contributed by atoms with van der Waals surface area (Å²) in [4.78, 5) is 24.5. The number of amides is 2. The van der Waals surface area contributed by atoms with Crippen LogP contribution in [0.15, 0.2) is 66.7 Å². The Morgan fingerprint density at radius 1 is 1.03 bits per heavy atom. The molecular formula is C24H30N2O4. The van der Waals surface area contributed by atoms with Crippen LogP contribution in [0.4, 0.5) is 10.5 Å². The van der Waals surface area contributed by atoms with Crippen LogP contribution in [0.5, 0.6) is 5.75 Å². The normalized spacial score (nSPS) is 12.3. The monoisotopic (exact) mass is 410 g/mol. The molecule has 0 fully saturated rings. The number of benzene rings is 2. The van der Waals surface area contributed by atoms with Crippen molar-refractivity contribution in [2.45, 2.75) is 45.3 Å². The minimum Gasteiger partial charge on any atom is -0.497 e. The van der Waals surface area contributed by atoms with Gasteiger partial charge in [-0.3, -0.25) is 4.79 Å². The van der Waals surface area contributed by atoms with Gasteiger partial charge >= 0.3 is 6.09 Å². The zero-order valence-electron chi connectivity index (χ0n) is 18.0. The molecule has 6 nitrogen and oxygen atoms in total. The summed E-state index contributed by atoms with van der Waals surface area (Å²) in [6, 6.07) is 17.0. The van der Waals surface area contributed by atoms with Crippen molar-refractivity contribution in [3.63, 3.8) is 0 Å². The quantitative estimate of drug-likeness (QED) is 0.618. The molecule has 0 aliphatic heterocycles. The Morgan fingerprint density at radius 3 is 2.30 bits per heavy atom. The highest BCUT2D eigenvalue weighted by molar-refractivity contribution is 5.99. The number of rotatable bonds is 8. The summed E-state index contributed by atoms with van der Waals surface area (Å²) in [5.41, 5.74) is 1.38. The van der Waals surface area contributed by atoms with Crippen LogP contribution in [0.2, 0.25) is 0 Å². The lowest BCUT2D eigenvalue weighted by Gasteiger charge is -2.22. The zero-order chi connectivity index (χ0) is 22.0. The first-order valence-corrected chi connectivity index (χ1v) is 9.91. The van der Waals surface area contributed by atoms with Crippen molar-refractivity contribution in [2.75, 3.05) is 12.4 Å². The predicted molar refractivity (Wildman–Crippen MR) is 119 cm³/mol. The lowest BCUT2D eigenvalue weighted by Crippen LogP contribution is -2.42. The molecule has 0 aliphatic rings. The van der Waals surface area contributed by atoms with E-state index in [1.54, 1.807) is 37.5 Å². The van der Waals surface area contributed by atoms with Crippen molar-refractivity contribution in [1.29, 1.82) is 0 Å². The maximum Gasteiger partial charge on any atom is 0.408 e. The number of hydrogen-bond acceptors (Lipinski definition) is 4. The molecule has 1 unspecified atom stereocenters. The van der Waals surface area contributed by atoms with E-state index in [0.29, 0.717) is 17.9 Å². The van der Waals surface area contributed by atoms with E-state index in [0.717, 1.165) is 12.0 Å². The molecule has 2 aromatic carbocycles. The van der Waals surface area contributed by atoms with Crippen LogP contribution >= 0.6 is 0 Å². The minimum atomic E-state index is -0.533. The van der Waals surface area contributed by atoms with Gasteiger partial charge in [0.1, 0.15) is 11.9 Å². The van der Waals surface area contributed by atoms with Crippen LogP contribution in [0, 0.1) is 0 Å². The Bertz CT molecular complexity index is 840. The fourth-order valence-corrected chi connectivity index (χ4v) is 2.67. The van der Waals surface area contributed by atoms with Crippen LogP contribution in [0.25, 0.3) is 0 Å². The van der Waals surface area contributed by atoms with Crippen molar-refractivity contribution >= 4 is 17.7 Å². The molecule has 160 valence electrons. The van der Waals surface area contributed by atoms with E-state index in [-0.39, 0.29) is 5.91 Å². The summed E-state index contributed by atoms with van der Waals surface area (Å²) in [5.74, 6) is 0.410. The number of aryl methyl sites for hydroxylation is 1. The fraction of sp³-hybridized carbons (Fsp3) is 0.333. The average Bonchev–Trinajstić information content (AvgIpc) is 2.70. The summed E-state index contributed by atoms with van der Waals surface area (Å²) in [5, 5.41) is 5.56. The number of hydrogen-bond donors (Lipinski definition) is 2. The summed E-state index contributed by atoms with van der Waals surface area (Å²) in [6.07, 6.45) is 3.25. The van der Waals surface area contributed by atoms with E-state index < -0.39 is 17.7 Å². The van der Waals surface area contributed by atoms with Gasteiger partial charge in [-0.1, -0.05) is 30.3 Å². The van der Waals surface area contributed by atoms with Gasteiger partial charge < -0.3 is 20.1 Å². The summed E-state index contributed by atoms with van der Waals surface area (Å²) in [7, 11) is 1.59. The van der Waals surface area contributed by atoms with Crippen LogP contribution in [-0.4, -0.2) is 30.8 Å². The van der Waals surface area contributed by atoms with Crippen molar-refractivity contribution in [3.05, 3.63) is 72.3 Å². The molecule has 0 aliphatic carbocycles. The highest BCUT2D eigenvalue weighted by atomic mass is 16.6. The average molecular weight is 411 g/mol. The van der Waals surface area contributed by atoms with Crippen LogP contribution in [0.3, 0.4) is 0 Å². The number of anilines is 1. The summed E-state index contributed by atoms with van der Waals surface area (Å²) < 4.78 is 10.7. The van der Waals surface area contributed by atoms with Gasteiger partial charge in [-0.15, -0.1) is 0 Å². The van der Waals surface area contributed by atoms with Gasteiger partial charge in [-0.2, -0.15) is 0 Å². The molecule has 2 aromatic rings. The molecule has 0 saturated heterocycles. The molecule has 0 radical (unpaired) electrons. The molecular weight excluding hydrogens is 380 g/mol. The summed E-state index contributed by atoms with van der Waals surface area (Å²) in [6.45, 7) is 5.64. The molecule has 2 amide bonds. The molecule has 1 atom stereocenters. The predicted octanol–water partition coefficient (Wildman–Crippen LogP) is 4.72. The number of carbonyl (C=O) groups excluding carboxylic acids is 2. The van der Waals surface area contributed by atoms with Crippen LogP contribution < -0.4 is 15.4 Å². The van der Waals surface area contributed by atoms with Crippen molar-refractivity contribution in [2.24, 2.45) is 0 Å². The Labute approximate surface area is 178 Å². The first kappa shape index (κ1) is 23.0. The number of alkyl carbamates (subject to hydrolysis) is 1. The SMILES string of the molecule is COc1ccc(NC(=O)C=CC(CCc2ccccc2)OC(=O)NC(C)(C)C)cc1. The Balaban J connectivity index is 1.99. The van der Waals surface area contributed by atoms with Crippen molar-refractivity contribution in [3.8, 4) is 5.75 Å². The second-order valence-electron chi connectivity index (χ2n) is 7.92. The molecule has 30 heavy (non-hydrogen) atoms. The van der Waals surface area contributed by atoms with E-state index in [2.05, 4.69) is 10.6 Å². The second kappa shape index (κ2) is 11.0.